The standard InChI is InChI=1S/C11H11FO3/c1-14-11-8(13)6-10(11)15-9-5-3-2-4-7(9)12/h2-5,10-11H,6H2,1H3. The third kappa shape index (κ3) is 1.85. The molecule has 1 aliphatic carbocycles. The number of ketones is 1. The molecular formula is C11H11FO3. The van der Waals surface area contributed by atoms with E-state index < -0.39 is 11.9 Å². The van der Waals surface area contributed by atoms with Crippen LogP contribution in [0.4, 0.5) is 4.39 Å². The van der Waals surface area contributed by atoms with Crippen LogP contribution in [0.25, 0.3) is 0 Å². The van der Waals surface area contributed by atoms with E-state index in [1.807, 2.05) is 0 Å². The first kappa shape index (κ1) is 10.1. The van der Waals surface area contributed by atoms with Crippen LogP contribution in [0.3, 0.4) is 0 Å². The zero-order valence-electron chi connectivity index (χ0n) is 8.27. The predicted molar refractivity (Wildman–Crippen MR) is 51.2 cm³/mol. The summed E-state index contributed by atoms with van der Waals surface area (Å²) in [7, 11) is 1.44. The molecule has 1 saturated carbocycles. The summed E-state index contributed by atoms with van der Waals surface area (Å²) in [5, 5.41) is 0. The van der Waals surface area contributed by atoms with E-state index in [-0.39, 0.29) is 24.1 Å². The Morgan fingerprint density at radius 2 is 2.13 bits per heavy atom. The summed E-state index contributed by atoms with van der Waals surface area (Å²) in [6.45, 7) is 0. The van der Waals surface area contributed by atoms with Crippen LogP contribution in [0, 0.1) is 5.82 Å². The molecule has 2 rings (SSSR count). The molecule has 2 unspecified atom stereocenters. The number of carbonyl (C=O) groups excluding carboxylic acids is 1. The van der Waals surface area contributed by atoms with Crippen molar-refractivity contribution >= 4 is 5.78 Å². The number of para-hydroxylation sites is 1. The zero-order valence-corrected chi connectivity index (χ0v) is 8.27. The van der Waals surface area contributed by atoms with Gasteiger partial charge in [-0.1, -0.05) is 12.1 Å². The van der Waals surface area contributed by atoms with Gasteiger partial charge in [0, 0.05) is 13.5 Å². The maximum absolute atomic E-state index is 13.2. The van der Waals surface area contributed by atoms with Crippen molar-refractivity contribution in [3.8, 4) is 5.75 Å². The summed E-state index contributed by atoms with van der Waals surface area (Å²) in [6.07, 6.45) is -0.628. The van der Waals surface area contributed by atoms with E-state index in [4.69, 9.17) is 9.47 Å². The van der Waals surface area contributed by atoms with E-state index in [0.717, 1.165) is 0 Å². The average Bonchev–Trinajstić information content (AvgIpc) is 2.20. The molecule has 3 nitrogen and oxygen atoms in total. The highest BCUT2D eigenvalue weighted by Gasteiger charge is 2.42. The molecule has 0 heterocycles. The van der Waals surface area contributed by atoms with Gasteiger partial charge in [0.25, 0.3) is 0 Å². The van der Waals surface area contributed by atoms with Crippen LogP contribution in [0.5, 0.6) is 5.75 Å². The van der Waals surface area contributed by atoms with E-state index in [2.05, 4.69) is 0 Å². The van der Waals surface area contributed by atoms with Gasteiger partial charge in [0.2, 0.25) is 0 Å². The quantitative estimate of drug-likeness (QED) is 0.759. The molecule has 1 aromatic rings. The molecule has 0 saturated heterocycles. The minimum atomic E-state index is -0.551. The molecule has 0 radical (unpaired) electrons. The van der Waals surface area contributed by atoms with Crippen LogP contribution in [0.1, 0.15) is 6.42 Å². The fraction of sp³-hybridized carbons (Fsp3) is 0.364. The van der Waals surface area contributed by atoms with Crippen LogP contribution < -0.4 is 4.74 Å². The van der Waals surface area contributed by atoms with Crippen LogP contribution in [-0.4, -0.2) is 25.1 Å². The smallest absolute Gasteiger partial charge is 0.169 e. The zero-order chi connectivity index (χ0) is 10.8. The number of carbonyl (C=O) groups is 1. The lowest BCUT2D eigenvalue weighted by molar-refractivity contribution is -0.151. The molecule has 15 heavy (non-hydrogen) atoms. The van der Waals surface area contributed by atoms with Gasteiger partial charge in [-0.3, -0.25) is 4.79 Å². The fourth-order valence-corrected chi connectivity index (χ4v) is 1.56. The summed E-state index contributed by atoms with van der Waals surface area (Å²) in [5.74, 6) is -0.261. The highest BCUT2D eigenvalue weighted by Crippen LogP contribution is 2.26. The lowest BCUT2D eigenvalue weighted by Gasteiger charge is -2.33. The second kappa shape index (κ2) is 3.98. The second-order valence-electron chi connectivity index (χ2n) is 3.41. The van der Waals surface area contributed by atoms with Gasteiger partial charge in [0.05, 0.1) is 0 Å². The molecule has 0 aliphatic heterocycles. The number of ether oxygens (including phenoxy) is 2. The molecule has 80 valence electrons. The third-order valence-corrected chi connectivity index (χ3v) is 2.43. The Morgan fingerprint density at radius 3 is 2.73 bits per heavy atom. The van der Waals surface area contributed by atoms with E-state index in [9.17, 15) is 9.18 Å². The summed E-state index contributed by atoms with van der Waals surface area (Å²) in [4.78, 5) is 11.0. The maximum Gasteiger partial charge on any atom is 0.169 e. The van der Waals surface area contributed by atoms with Crippen LogP contribution in [0.15, 0.2) is 24.3 Å². The molecule has 0 bridgehead atoms. The van der Waals surface area contributed by atoms with Crippen molar-refractivity contribution in [3.05, 3.63) is 30.1 Å². The number of rotatable bonds is 3. The van der Waals surface area contributed by atoms with E-state index in [0.29, 0.717) is 0 Å². The van der Waals surface area contributed by atoms with Crippen LogP contribution >= 0.6 is 0 Å². The highest BCUT2D eigenvalue weighted by atomic mass is 19.1. The second-order valence-corrected chi connectivity index (χ2v) is 3.41. The number of benzene rings is 1. The lowest BCUT2D eigenvalue weighted by atomic mass is 9.90. The van der Waals surface area contributed by atoms with Crippen molar-refractivity contribution < 1.29 is 18.7 Å². The molecule has 0 spiro atoms. The van der Waals surface area contributed by atoms with Gasteiger partial charge in [-0.2, -0.15) is 0 Å². The Balaban J connectivity index is 2.04. The van der Waals surface area contributed by atoms with E-state index in [1.54, 1.807) is 12.1 Å². The first-order chi connectivity index (χ1) is 7.22. The molecule has 1 aliphatic rings. The minimum Gasteiger partial charge on any atom is -0.484 e. The Labute approximate surface area is 86.8 Å². The Bertz CT molecular complexity index is 378. The highest BCUT2D eigenvalue weighted by molar-refractivity contribution is 5.90. The fourth-order valence-electron chi connectivity index (χ4n) is 1.56. The van der Waals surface area contributed by atoms with Crippen molar-refractivity contribution in [2.45, 2.75) is 18.6 Å². The molecular weight excluding hydrogens is 199 g/mol. The summed E-state index contributed by atoms with van der Waals surface area (Å²) < 4.78 is 23.4. The van der Waals surface area contributed by atoms with Crippen molar-refractivity contribution in [2.75, 3.05) is 7.11 Å². The van der Waals surface area contributed by atoms with Gasteiger partial charge in [-0.05, 0) is 12.1 Å². The molecule has 0 N–H and O–H groups in total. The lowest BCUT2D eigenvalue weighted by Crippen LogP contribution is -2.51. The first-order valence-electron chi connectivity index (χ1n) is 4.69. The number of methoxy groups -OCH3 is 1. The maximum atomic E-state index is 13.2. The van der Waals surface area contributed by atoms with Gasteiger partial charge < -0.3 is 9.47 Å². The van der Waals surface area contributed by atoms with Crippen molar-refractivity contribution in [1.29, 1.82) is 0 Å². The molecule has 1 fully saturated rings. The first-order valence-corrected chi connectivity index (χ1v) is 4.69. The van der Waals surface area contributed by atoms with Gasteiger partial charge in [-0.15, -0.1) is 0 Å². The normalized spacial score (nSPS) is 24.8. The van der Waals surface area contributed by atoms with Crippen molar-refractivity contribution in [3.63, 3.8) is 0 Å². The average molecular weight is 210 g/mol. The van der Waals surface area contributed by atoms with Crippen LogP contribution in [0.2, 0.25) is 0 Å². The Kier molecular flexibility index (Phi) is 2.68. The topological polar surface area (TPSA) is 35.5 Å². The molecule has 0 aromatic heterocycles. The number of hydrogen-bond acceptors (Lipinski definition) is 3. The van der Waals surface area contributed by atoms with E-state index in [1.165, 1.54) is 19.2 Å². The van der Waals surface area contributed by atoms with Gasteiger partial charge in [0.1, 0.15) is 6.10 Å². The number of hydrogen-bond donors (Lipinski definition) is 0. The summed E-state index contributed by atoms with van der Waals surface area (Å²) in [5.41, 5.74) is 0. The molecule has 1 aromatic carbocycles. The Morgan fingerprint density at radius 1 is 1.40 bits per heavy atom. The van der Waals surface area contributed by atoms with Gasteiger partial charge in [0.15, 0.2) is 23.5 Å². The molecule has 4 heteroatoms. The van der Waals surface area contributed by atoms with Crippen molar-refractivity contribution in [1.82, 2.24) is 0 Å². The van der Waals surface area contributed by atoms with Crippen molar-refractivity contribution in [2.24, 2.45) is 0 Å². The van der Waals surface area contributed by atoms with Gasteiger partial charge >= 0.3 is 0 Å². The molecule has 0 amide bonds. The number of halogens is 1. The molecule has 2 atom stereocenters. The Hall–Kier alpha value is -1.42. The third-order valence-electron chi connectivity index (χ3n) is 2.43. The number of Topliss-reactive ketones (excluding diaryl/α,β-unsaturated/α-hetero) is 1. The van der Waals surface area contributed by atoms with Crippen LogP contribution in [-0.2, 0) is 9.53 Å². The minimum absolute atomic E-state index is 0.00107. The SMILES string of the molecule is COC1C(=O)CC1Oc1ccccc1F. The monoisotopic (exact) mass is 210 g/mol. The van der Waals surface area contributed by atoms with Gasteiger partial charge in [-0.25, -0.2) is 4.39 Å². The largest absolute Gasteiger partial charge is 0.484 e. The summed E-state index contributed by atoms with van der Waals surface area (Å²) >= 11 is 0. The summed E-state index contributed by atoms with van der Waals surface area (Å²) in [6, 6.07) is 6.12. The van der Waals surface area contributed by atoms with E-state index >= 15 is 0 Å². The predicted octanol–water partition coefficient (Wildman–Crippen LogP) is 1.56.